The van der Waals surface area contributed by atoms with E-state index in [0.717, 1.165) is 17.0 Å². The maximum Gasteiger partial charge on any atom is 0.223 e. The molecule has 2 rings (SSSR count). The first-order valence-electron chi connectivity index (χ1n) is 4.98. The summed E-state index contributed by atoms with van der Waals surface area (Å²) < 4.78 is 13.1. The third-order valence-electron chi connectivity index (χ3n) is 2.20. The van der Waals surface area contributed by atoms with Crippen LogP contribution in [0.4, 0.5) is 10.3 Å². The third-order valence-corrected chi connectivity index (χ3v) is 2.20. The van der Waals surface area contributed by atoms with E-state index in [4.69, 9.17) is 0 Å². The van der Waals surface area contributed by atoms with E-state index in [-0.39, 0.29) is 5.82 Å². The number of aromatic nitrogens is 2. The molecule has 0 aliphatic heterocycles. The number of halogens is 1. The topological polar surface area (TPSA) is 37.8 Å². The number of nitrogens with one attached hydrogen (secondary N) is 1. The minimum atomic E-state index is -0.264. The molecule has 2 aromatic rings. The zero-order chi connectivity index (χ0) is 11.5. The average molecular weight is 217 g/mol. The molecule has 0 aliphatic carbocycles. The van der Waals surface area contributed by atoms with Crippen LogP contribution in [0.5, 0.6) is 0 Å². The lowest BCUT2D eigenvalue weighted by molar-refractivity contribution is 0.628. The first-order valence-corrected chi connectivity index (χ1v) is 4.98. The lowest BCUT2D eigenvalue weighted by Crippen LogP contribution is -1.99. The number of hydrogen-bond acceptors (Lipinski definition) is 3. The van der Waals surface area contributed by atoms with E-state index >= 15 is 0 Å². The second-order valence-electron chi connectivity index (χ2n) is 3.48. The van der Waals surface area contributed by atoms with Gasteiger partial charge >= 0.3 is 0 Å². The standard InChI is InChI=1S/C12H12FN3/c1-8-6-11(16-12(14-2)15-8)9-4-3-5-10(13)7-9/h3-7H,1-2H3,(H,14,15,16). The highest BCUT2D eigenvalue weighted by Gasteiger charge is 2.04. The zero-order valence-electron chi connectivity index (χ0n) is 9.16. The molecule has 82 valence electrons. The van der Waals surface area contributed by atoms with Gasteiger partial charge in [0, 0.05) is 18.3 Å². The van der Waals surface area contributed by atoms with E-state index in [0.29, 0.717) is 5.95 Å². The predicted molar refractivity (Wildman–Crippen MR) is 61.7 cm³/mol. The Kier molecular flexibility index (Phi) is 2.81. The lowest BCUT2D eigenvalue weighted by atomic mass is 10.1. The summed E-state index contributed by atoms with van der Waals surface area (Å²) in [4.78, 5) is 8.46. The molecule has 4 heteroatoms. The van der Waals surface area contributed by atoms with Gasteiger partial charge in [-0.2, -0.15) is 0 Å². The van der Waals surface area contributed by atoms with Crippen LogP contribution in [0.1, 0.15) is 5.69 Å². The van der Waals surface area contributed by atoms with Gasteiger partial charge in [0.2, 0.25) is 5.95 Å². The summed E-state index contributed by atoms with van der Waals surface area (Å²) in [6.45, 7) is 1.88. The molecule has 0 amide bonds. The van der Waals surface area contributed by atoms with Gasteiger partial charge in [-0.3, -0.25) is 0 Å². The van der Waals surface area contributed by atoms with E-state index in [1.807, 2.05) is 19.1 Å². The van der Waals surface area contributed by atoms with Gasteiger partial charge in [0.25, 0.3) is 0 Å². The second-order valence-corrected chi connectivity index (χ2v) is 3.48. The zero-order valence-corrected chi connectivity index (χ0v) is 9.16. The number of rotatable bonds is 2. The molecule has 0 bridgehead atoms. The second kappa shape index (κ2) is 4.26. The molecule has 0 unspecified atom stereocenters. The summed E-state index contributed by atoms with van der Waals surface area (Å²) in [5.41, 5.74) is 2.32. The van der Waals surface area contributed by atoms with Gasteiger partial charge in [-0.1, -0.05) is 12.1 Å². The third kappa shape index (κ3) is 2.16. The Balaban J connectivity index is 2.51. The molecule has 16 heavy (non-hydrogen) atoms. The molecule has 1 aromatic heterocycles. The molecule has 1 heterocycles. The van der Waals surface area contributed by atoms with Crippen LogP contribution in [-0.2, 0) is 0 Å². The summed E-state index contributed by atoms with van der Waals surface area (Å²) in [5.74, 6) is 0.277. The Morgan fingerprint density at radius 2 is 2.00 bits per heavy atom. The molecule has 0 fully saturated rings. The minimum Gasteiger partial charge on any atom is -0.357 e. The first kappa shape index (κ1) is 10.5. The molecular formula is C12H12FN3. The highest BCUT2D eigenvalue weighted by Crippen LogP contribution is 2.19. The number of benzene rings is 1. The van der Waals surface area contributed by atoms with Gasteiger partial charge in [0.05, 0.1) is 5.69 Å². The Hall–Kier alpha value is -1.97. The van der Waals surface area contributed by atoms with Crippen LogP contribution in [0.3, 0.4) is 0 Å². The monoisotopic (exact) mass is 217 g/mol. The molecule has 0 aliphatic rings. The average Bonchev–Trinajstić information content (AvgIpc) is 2.28. The van der Waals surface area contributed by atoms with Crippen molar-refractivity contribution < 1.29 is 4.39 Å². The van der Waals surface area contributed by atoms with Crippen LogP contribution in [-0.4, -0.2) is 17.0 Å². The van der Waals surface area contributed by atoms with E-state index in [9.17, 15) is 4.39 Å². The van der Waals surface area contributed by atoms with E-state index in [1.165, 1.54) is 12.1 Å². The van der Waals surface area contributed by atoms with Gasteiger partial charge in [0.1, 0.15) is 5.82 Å². The predicted octanol–water partition coefficient (Wildman–Crippen LogP) is 2.63. The summed E-state index contributed by atoms with van der Waals surface area (Å²) in [5, 5.41) is 2.88. The SMILES string of the molecule is CNc1nc(C)cc(-c2cccc(F)c2)n1. The van der Waals surface area contributed by atoms with E-state index in [1.54, 1.807) is 13.1 Å². The van der Waals surface area contributed by atoms with Crippen LogP contribution in [0, 0.1) is 12.7 Å². The van der Waals surface area contributed by atoms with Crippen molar-refractivity contribution in [2.24, 2.45) is 0 Å². The number of aryl methyl sites for hydroxylation is 1. The number of nitrogens with zero attached hydrogens (tertiary/aromatic N) is 2. The van der Waals surface area contributed by atoms with Crippen LogP contribution in [0.15, 0.2) is 30.3 Å². The Bertz CT molecular complexity index is 511. The molecule has 0 saturated carbocycles. The van der Waals surface area contributed by atoms with Crippen molar-refractivity contribution in [2.75, 3.05) is 12.4 Å². The molecule has 1 N–H and O–H groups in total. The van der Waals surface area contributed by atoms with Crippen molar-refractivity contribution >= 4 is 5.95 Å². The number of hydrogen-bond donors (Lipinski definition) is 1. The smallest absolute Gasteiger partial charge is 0.223 e. The van der Waals surface area contributed by atoms with Gasteiger partial charge < -0.3 is 5.32 Å². The molecule has 3 nitrogen and oxygen atoms in total. The Morgan fingerprint density at radius 3 is 2.69 bits per heavy atom. The van der Waals surface area contributed by atoms with E-state index in [2.05, 4.69) is 15.3 Å². The van der Waals surface area contributed by atoms with E-state index < -0.39 is 0 Å². The van der Waals surface area contributed by atoms with Gasteiger partial charge in [-0.25, -0.2) is 14.4 Å². The van der Waals surface area contributed by atoms with Gasteiger partial charge in [-0.05, 0) is 25.1 Å². The largest absolute Gasteiger partial charge is 0.357 e. The van der Waals surface area contributed by atoms with Crippen LogP contribution >= 0.6 is 0 Å². The minimum absolute atomic E-state index is 0.264. The normalized spacial score (nSPS) is 10.2. The fourth-order valence-corrected chi connectivity index (χ4v) is 1.48. The highest BCUT2D eigenvalue weighted by atomic mass is 19.1. The molecule has 0 radical (unpaired) electrons. The maximum absolute atomic E-state index is 13.1. The molecule has 0 spiro atoms. The van der Waals surface area contributed by atoms with Crippen molar-refractivity contribution in [2.45, 2.75) is 6.92 Å². The van der Waals surface area contributed by atoms with Crippen molar-refractivity contribution in [1.29, 1.82) is 0 Å². The van der Waals surface area contributed by atoms with Crippen LogP contribution in [0.2, 0.25) is 0 Å². The quantitative estimate of drug-likeness (QED) is 0.840. The maximum atomic E-state index is 13.1. The molecule has 0 atom stereocenters. The Morgan fingerprint density at radius 1 is 1.19 bits per heavy atom. The summed E-state index contributed by atoms with van der Waals surface area (Å²) >= 11 is 0. The van der Waals surface area contributed by atoms with Crippen LogP contribution < -0.4 is 5.32 Å². The highest BCUT2D eigenvalue weighted by molar-refractivity contribution is 5.60. The summed E-state index contributed by atoms with van der Waals surface area (Å²) in [7, 11) is 1.75. The molecular weight excluding hydrogens is 205 g/mol. The summed E-state index contributed by atoms with van der Waals surface area (Å²) in [6.07, 6.45) is 0. The van der Waals surface area contributed by atoms with Crippen molar-refractivity contribution in [3.05, 3.63) is 41.8 Å². The fourth-order valence-electron chi connectivity index (χ4n) is 1.48. The molecule has 1 aromatic carbocycles. The van der Waals surface area contributed by atoms with Gasteiger partial charge in [0.15, 0.2) is 0 Å². The first-order chi connectivity index (χ1) is 7.69. The fraction of sp³-hybridized carbons (Fsp3) is 0.167. The van der Waals surface area contributed by atoms with Crippen molar-refractivity contribution in [3.8, 4) is 11.3 Å². The Labute approximate surface area is 93.4 Å². The number of anilines is 1. The van der Waals surface area contributed by atoms with Crippen molar-refractivity contribution in [1.82, 2.24) is 9.97 Å². The van der Waals surface area contributed by atoms with Crippen molar-refractivity contribution in [3.63, 3.8) is 0 Å². The lowest BCUT2D eigenvalue weighted by Gasteiger charge is -2.05. The molecule has 0 saturated heterocycles. The summed E-state index contributed by atoms with van der Waals surface area (Å²) in [6, 6.07) is 8.19. The van der Waals surface area contributed by atoms with Gasteiger partial charge in [-0.15, -0.1) is 0 Å². The van der Waals surface area contributed by atoms with Crippen LogP contribution in [0.25, 0.3) is 11.3 Å².